The van der Waals surface area contributed by atoms with Gasteiger partial charge in [0.2, 0.25) is 0 Å². The van der Waals surface area contributed by atoms with Crippen LogP contribution in [0.1, 0.15) is 6.42 Å². The average Bonchev–Trinajstić information content (AvgIpc) is 2.37. The SMILES string of the molecule is CON=C1OCC=C1CC(=O)O. The van der Waals surface area contributed by atoms with Gasteiger partial charge in [-0.05, 0) is 11.2 Å². The van der Waals surface area contributed by atoms with Gasteiger partial charge >= 0.3 is 5.97 Å². The van der Waals surface area contributed by atoms with Gasteiger partial charge in [0.05, 0.1) is 6.42 Å². The number of oxime groups is 1. The highest BCUT2D eigenvalue weighted by Gasteiger charge is 2.17. The Balaban J connectivity index is 2.63. The van der Waals surface area contributed by atoms with E-state index < -0.39 is 5.97 Å². The lowest BCUT2D eigenvalue weighted by atomic mass is 10.2. The van der Waals surface area contributed by atoms with Crippen LogP contribution in [0.15, 0.2) is 16.8 Å². The third kappa shape index (κ3) is 1.98. The fraction of sp³-hybridized carbons (Fsp3) is 0.429. The molecule has 1 rings (SSSR count). The number of aliphatic carboxylic acids is 1. The maximum absolute atomic E-state index is 10.3. The molecule has 0 aromatic carbocycles. The summed E-state index contributed by atoms with van der Waals surface area (Å²) in [6.07, 6.45) is 1.59. The van der Waals surface area contributed by atoms with Crippen LogP contribution >= 0.6 is 0 Å². The molecule has 1 heterocycles. The van der Waals surface area contributed by atoms with Crippen LogP contribution in [0.5, 0.6) is 0 Å². The average molecular weight is 171 g/mol. The van der Waals surface area contributed by atoms with Gasteiger partial charge in [-0.2, -0.15) is 0 Å². The normalized spacial score (nSPS) is 18.8. The van der Waals surface area contributed by atoms with Gasteiger partial charge in [-0.15, -0.1) is 0 Å². The topological polar surface area (TPSA) is 68.1 Å². The number of ether oxygens (including phenoxy) is 1. The van der Waals surface area contributed by atoms with Crippen molar-refractivity contribution in [1.82, 2.24) is 0 Å². The van der Waals surface area contributed by atoms with Crippen molar-refractivity contribution in [2.75, 3.05) is 13.7 Å². The second-order valence-corrected chi connectivity index (χ2v) is 2.19. The zero-order chi connectivity index (χ0) is 8.97. The van der Waals surface area contributed by atoms with Crippen LogP contribution in [0.25, 0.3) is 0 Å². The van der Waals surface area contributed by atoms with E-state index in [-0.39, 0.29) is 12.3 Å². The van der Waals surface area contributed by atoms with Crippen LogP contribution < -0.4 is 0 Å². The molecule has 0 saturated heterocycles. The number of hydrogen-bond donors (Lipinski definition) is 1. The van der Waals surface area contributed by atoms with Gasteiger partial charge in [0.25, 0.3) is 5.90 Å². The number of hydrogen-bond acceptors (Lipinski definition) is 4. The zero-order valence-electron chi connectivity index (χ0n) is 6.61. The lowest BCUT2D eigenvalue weighted by molar-refractivity contribution is -0.136. The monoisotopic (exact) mass is 171 g/mol. The Morgan fingerprint density at radius 1 is 1.92 bits per heavy atom. The highest BCUT2D eigenvalue weighted by atomic mass is 16.6. The van der Waals surface area contributed by atoms with Crippen LogP contribution in [0.2, 0.25) is 0 Å². The van der Waals surface area contributed by atoms with Crippen LogP contribution in [0.4, 0.5) is 0 Å². The Bertz CT molecular complexity index is 244. The molecule has 0 fully saturated rings. The fourth-order valence-electron chi connectivity index (χ4n) is 0.880. The van der Waals surface area contributed by atoms with Gasteiger partial charge in [0.15, 0.2) is 0 Å². The first-order valence-corrected chi connectivity index (χ1v) is 3.39. The van der Waals surface area contributed by atoms with Crippen molar-refractivity contribution in [3.63, 3.8) is 0 Å². The quantitative estimate of drug-likeness (QED) is 0.623. The van der Waals surface area contributed by atoms with Gasteiger partial charge in [0, 0.05) is 5.57 Å². The molecule has 0 saturated carbocycles. The van der Waals surface area contributed by atoms with Crippen molar-refractivity contribution in [2.45, 2.75) is 6.42 Å². The van der Waals surface area contributed by atoms with Crippen LogP contribution in [-0.4, -0.2) is 30.7 Å². The van der Waals surface area contributed by atoms with E-state index in [1.165, 1.54) is 7.11 Å². The van der Waals surface area contributed by atoms with E-state index in [9.17, 15) is 4.79 Å². The highest BCUT2D eigenvalue weighted by molar-refractivity contribution is 5.98. The van der Waals surface area contributed by atoms with E-state index in [2.05, 4.69) is 9.99 Å². The van der Waals surface area contributed by atoms with Crippen molar-refractivity contribution in [3.05, 3.63) is 11.6 Å². The minimum Gasteiger partial charge on any atom is -0.481 e. The molecule has 1 N–H and O–H groups in total. The molecule has 12 heavy (non-hydrogen) atoms. The predicted molar refractivity (Wildman–Crippen MR) is 40.7 cm³/mol. The van der Waals surface area contributed by atoms with E-state index >= 15 is 0 Å². The minimum absolute atomic E-state index is 0.0812. The van der Waals surface area contributed by atoms with E-state index in [0.29, 0.717) is 12.2 Å². The van der Waals surface area contributed by atoms with E-state index in [1.807, 2.05) is 0 Å². The van der Waals surface area contributed by atoms with Gasteiger partial charge < -0.3 is 14.7 Å². The Labute approximate surface area is 69.3 Å². The smallest absolute Gasteiger partial charge is 0.308 e. The number of carboxylic acids is 1. The van der Waals surface area contributed by atoms with E-state index in [0.717, 1.165) is 0 Å². The molecule has 0 aromatic heterocycles. The first kappa shape index (κ1) is 8.58. The zero-order valence-corrected chi connectivity index (χ0v) is 6.61. The van der Waals surface area contributed by atoms with Crippen molar-refractivity contribution in [3.8, 4) is 0 Å². The lowest BCUT2D eigenvalue weighted by Crippen LogP contribution is -2.06. The summed E-state index contributed by atoms with van der Waals surface area (Å²) in [4.78, 5) is 14.8. The second-order valence-electron chi connectivity index (χ2n) is 2.19. The Kier molecular flexibility index (Phi) is 2.68. The van der Waals surface area contributed by atoms with Crippen LogP contribution in [0.3, 0.4) is 0 Å². The summed E-state index contributed by atoms with van der Waals surface area (Å²) in [5.74, 6) is -0.643. The molecule has 66 valence electrons. The molecule has 1 aliphatic heterocycles. The summed E-state index contributed by atoms with van der Waals surface area (Å²) in [7, 11) is 1.38. The molecular formula is C7H9NO4. The third-order valence-electron chi connectivity index (χ3n) is 1.34. The van der Waals surface area contributed by atoms with E-state index in [1.54, 1.807) is 6.08 Å². The number of carbonyl (C=O) groups is 1. The lowest BCUT2D eigenvalue weighted by Gasteiger charge is -1.99. The third-order valence-corrected chi connectivity index (χ3v) is 1.34. The molecular weight excluding hydrogens is 162 g/mol. The van der Waals surface area contributed by atoms with E-state index in [4.69, 9.17) is 9.84 Å². The molecule has 0 aliphatic carbocycles. The number of nitrogens with zero attached hydrogens (tertiary/aromatic N) is 1. The largest absolute Gasteiger partial charge is 0.481 e. The van der Waals surface area contributed by atoms with Crippen molar-refractivity contribution < 1.29 is 19.5 Å². The Hall–Kier alpha value is -1.52. The van der Waals surface area contributed by atoms with Gasteiger partial charge in [-0.25, -0.2) is 0 Å². The molecule has 1 aliphatic rings. The molecule has 0 bridgehead atoms. The first-order chi connectivity index (χ1) is 5.74. The summed E-state index contributed by atoms with van der Waals surface area (Å²) >= 11 is 0. The Morgan fingerprint density at radius 3 is 3.25 bits per heavy atom. The summed E-state index contributed by atoms with van der Waals surface area (Å²) in [5.41, 5.74) is 0.560. The maximum atomic E-state index is 10.3. The summed E-state index contributed by atoms with van der Waals surface area (Å²) < 4.78 is 4.98. The molecule has 5 nitrogen and oxygen atoms in total. The van der Waals surface area contributed by atoms with Crippen LogP contribution in [0, 0.1) is 0 Å². The molecule has 0 spiro atoms. The van der Waals surface area contributed by atoms with Crippen molar-refractivity contribution >= 4 is 11.9 Å². The van der Waals surface area contributed by atoms with Gasteiger partial charge in [0.1, 0.15) is 13.7 Å². The fourth-order valence-corrected chi connectivity index (χ4v) is 0.880. The first-order valence-electron chi connectivity index (χ1n) is 3.39. The summed E-state index contributed by atoms with van der Waals surface area (Å²) in [5, 5.41) is 12.0. The second kappa shape index (κ2) is 3.75. The van der Waals surface area contributed by atoms with Crippen molar-refractivity contribution in [1.29, 1.82) is 0 Å². The van der Waals surface area contributed by atoms with Gasteiger partial charge in [-0.3, -0.25) is 4.79 Å². The molecule has 0 amide bonds. The molecule has 0 aromatic rings. The molecule has 0 atom stereocenters. The number of carboxylic acid groups (broad SMARTS) is 1. The predicted octanol–water partition coefficient (Wildman–Crippen LogP) is 0.378. The molecule has 0 radical (unpaired) electrons. The number of rotatable bonds is 3. The molecule has 0 unspecified atom stereocenters. The van der Waals surface area contributed by atoms with Crippen LogP contribution in [-0.2, 0) is 14.4 Å². The maximum Gasteiger partial charge on any atom is 0.308 e. The standard InChI is InChI=1S/C7H9NO4/c1-11-8-7-5(2-3-12-7)4-6(9)10/h2H,3-4H2,1H3,(H,9,10). The van der Waals surface area contributed by atoms with Crippen molar-refractivity contribution in [2.24, 2.45) is 5.16 Å². The summed E-state index contributed by atoms with van der Waals surface area (Å²) in [6, 6.07) is 0. The highest BCUT2D eigenvalue weighted by Crippen LogP contribution is 2.12. The summed E-state index contributed by atoms with van der Waals surface area (Å²) in [6.45, 7) is 0.366. The minimum atomic E-state index is -0.907. The molecule has 5 heteroatoms. The Morgan fingerprint density at radius 2 is 2.67 bits per heavy atom. The van der Waals surface area contributed by atoms with Gasteiger partial charge in [-0.1, -0.05) is 0 Å².